The fourth-order valence-corrected chi connectivity index (χ4v) is 3.64. The average Bonchev–Trinajstić information content (AvgIpc) is 2.78. The van der Waals surface area contributed by atoms with Crippen LogP contribution in [-0.2, 0) is 4.74 Å². The van der Waals surface area contributed by atoms with Gasteiger partial charge in [0.15, 0.2) is 0 Å². The first kappa shape index (κ1) is 24.4. The van der Waals surface area contributed by atoms with Gasteiger partial charge in [0.1, 0.15) is 11.5 Å². The van der Waals surface area contributed by atoms with Gasteiger partial charge in [-0.2, -0.15) is 0 Å². The maximum atomic E-state index is 5.96. The van der Waals surface area contributed by atoms with E-state index in [2.05, 4.69) is 61.0 Å². The van der Waals surface area contributed by atoms with Crippen LogP contribution < -0.4 is 9.46 Å². The second kappa shape index (κ2) is 12.8. The van der Waals surface area contributed by atoms with Gasteiger partial charge in [0.05, 0.1) is 13.7 Å². The highest BCUT2D eigenvalue weighted by Crippen LogP contribution is 2.35. The molecule has 0 aliphatic heterocycles. The van der Waals surface area contributed by atoms with E-state index in [1.165, 1.54) is 5.57 Å². The van der Waals surface area contributed by atoms with Gasteiger partial charge in [-0.25, -0.2) is 0 Å². The molecular formula is C27H33NO2S. The molecule has 0 atom stereocenters. The van der Waals surface area contributed by atoms with Crippen molar-refractivity contribution in [2.45, 2.75) is 27.7 Å². The predicted octanol–water partition coefficient (Wildman–Crippen LogP) is 7.76. The Bertz CT molecular complexity index is 986. The van der Waals surface area contributed by atoms with Crippen LogP contribution >= 0.6 is 11.9 Å². The van der Waals surface area contributed by atoms with Crippen molar-refractivity contribution >= 4 is 28.8 Å². The van der Waals surface area contributed by atoms with Crippen LogP contribution in [-0.4, -0.2) is 20.0 Å². The Kier molecular flexibility index (Phi) is 10.0. The molecule has 2 rings (SSSR count). The van der Waals surface area contributed by atoms with Gasteiger partial charge in [-0.3, -0.25) is 0 Å². The summed E-state index contributed by atoms with van der Waals surface area (Å²) in [5, 5.41) is 0. The van der Waals surface area contributed by atoms with Gasteiger partial charge in [-0.05, 0) is 80.3 Å². The van der Waals surface area contributed by atoms with Crippen molar-refractivity contribution in [1.82, 2.24) is 0 Å². The summed E-state index contributed by atoms with van der Waals surface area (Å²) >= 11 is 1.59. The number of ether oxygens (including phenoxy) is 2. The second-order valence-corrected chi connectivity index (χ2v) is 7.61. The van der Waals surface area contributed by atoms with Crippen molar-refractivity contribution in [3.05, 3.63) is 95.3 Å². The van der Waals surface area contributed by atoms with Gasteiger partial charge in [0.25, 0.3) is 0 Å². The van der Waals surface area contributed by atoms with Gasteiger partial charge in [0, 0.05) is 17.5 Å². The van der Waals surface area contributed by atoms with Crippen LogP contribution in [0.25, 0.3) is 11.1 Å². The van der Waals surface area contributed by atoms with Crippen molar-refractivity contribution < 1.29 is 9.47 Å². The zero-order valence-electron chi connectivity index (χ0n) is 19.4. The highest BCUT2D eigenvalue weighted by Gasteiger charge is 2.12. The number of allylic oxidation sites excluding steroid dienone is 7. The summed E-state index contributed by atoms with van der Waals surface area (Å²) in [6.45, 7) is 8.86. The van der Waals surface area contributed by atoms with Crippen LogP contribution in [0.5, 0.6) is 5.75 Å². The molecule has 31 heavy (non-hydrogen) atoms. The third-order valence-corrected chi connectivity index (χ3v) is 5.14. The van der Waals surface area contributed by atoms with Crippen molar-refractivity contribution in [2.75, 3.05) is 24.7 Å². The maximum absolute atomic E-state index is 5.96. The van der Waals surface area contributed by atoms with Crippen molar-refractivity contribution in [1.29, 1.82) is 0 Å². The summed E-state index contributed by atoms with van der Waals surface area (Å²) in [7, 11) is 1.69. The molecule has 0 heterocycles. The number of nitrogens with one attached hydrogen (secondary N) is 1. The van der Waals surface area contributed by atoms with E-state index in [-0.39, 0.29) is 0 Å². The van der Waals surface area contributed by atoms with E-state index in [0.29, 0.717) is 6.61 Å². The third-order valence-electron chi connectivity index (χ3n) is 4.71. The molecule has 0 bridgehead atoms. The Balaban J connectivity index is 2.70. The standard InChI is InChI=1S/C27H33NO2S/c1-7-12-24(29-5)17-20(3)18-26(25-15-9-10-16-27(25)30-8-2)21(4)22-13-11-14-23(19-22)28-31-6/h7,9-19,28H,8H2,1-6H3/b12-7-,20-18+,24-17+,26-21+. The monoisotopic (exact) mass is 435 g/mol. The van der Waals surface area contributed by atoms with Gasteiger partial charge in [-0.15, -0.1) is 0 Å². The smallest absolute Gasteiger partial charge is 0.127 e. The Morgan fingerprint density at radius 3 is 2.52 bits per heavy atom. The first-order chi connectivity index (χ1) is 15.0. The molecule has 2 aromatic carbocycles. The molecule has 0 radical (unpaired) electrons. The minimum atomic E-state index is 0.619. The normalized spacial score (nSPS) is 13.2. The van der Waals surface area contributed by atoms with Crippen LogP contribution in [0.1, 0.15) is 38.8 Å². The molecule has 2 aromatic rings. The Hall–Kier alpha value is -2.85. The van der Waals surface area contributed by atoms with Crippen LogP contribution in [0, 0.1) is 0 Å². The zero-order valence-corrected chi connectivity index (χ0v) is 20.2. The molecule has 0 fully saturated rings. The molecule has 164 valence electrons. The molecule has 1 N–H and O–H groups in total. The minimum absolute atomic E-state index is 0.619. The van der Waals surface area contributed by atoms with Crippen LogP contribution in [0.4, 0.5) is 5.69 Å². The van der Waals surface area contributed by atoms with E-state index < -0.39 is 0 Å². The highest BCUT2D eigenvalue weighted by atomic mass is 32.2. The zero-order chi connectivity index (χ0) is 22.6. The molecule has 0 aliphatic rings. The number of anilines is 1. The molecule has 0 aromatic heterocycles. The van der Waals surface area contributed by atoms with Crippen molar-refractivity contribution in [3.8, 4) is 5.75 Å². The quantitative estimate of drug-likeness (QED) is 0.179. The number of hydrogen-bond acceptors (Lipinski definition) is 4. The fourth-order valence-electron chi connectivity index (χ4n) is 3.28. The van der Waals surface area contributed by atoms with E-state index >= 15 is 0 Å². The Morgan fingerprint density at radius 2 is 1.84 bits per heavy atom. The fraction of sp³-hybridized carbons (Fsp3) is 0.259. The number of benzene rings is 2. The largest absolute Gasteiger partial charge is 0.497 e. The number of para-hydroxylation sites is 1. The summed E-state index contributed by atoms with van der Waals surface area (Å²) in [4.78, 5) is 0. The molecule has 0 saturated carbocycles. The summed E-state index contributed by atoms with van der Waals surface area (Å²) < 4.78 is 14.8. The SMILES string of the molecule is C\C=C/C(=C\C(C)=C\C(=C(\C)c1cccc(NSC)c1)c1ccccc1OCC)OC. The molecule has 3 nitrogen and oxygen atoms in total. The highest BCUT2D eigenvalue weighted by molar-refractivity contribution is 7.99. The number of rotatable bonds is 10. The van der Waals surface area contributed by atoms with Crippen molar-refractivity contribution in [3.63, 3.8) is 0 Å². The lowest BCUT2D eigenvalue weighted by Gasteiger charge is -2.16. The lowest BCUT2D eigenvalue weighted by atomic mass is 9.93. The number of hydrogen-bond donors (Lipinski definition) is 1. The van der Waals surface area contributed by atoms with Crippen LogP contribution in [0.2, 0.25) is 0 Å². The van der Waals surface area contributed by atoms with E-state index in [9.17, 15) is 0 Å². The van der Waals surface area contributed by atoms with E-state index in [4.69, 9.17) is 9.47 Å². The van der Waals surface area contributed by atoms with Gasteiger partial charge in [0.2, 0.25) is 0 Å². The molecule has 0 saturated heterocycles. The van der Waals surface area contributed by atoms with E-state index in [1.807, 2.05) is 50.5 Å². The molecule has 0 spiro atoms. The van der Waals surface area contributed by atoms with Gasteiger partial charge >= 0.3 is 0 Å². The maximum Gasteiger partial charge on any atom is 0.127 e. The lowest BCUT2D eigenvalue weighted by Crippen LogP contribution is -1.97. The summed E-state index contributed by atoms with van der Waals surface area (Å²) in [6.07, 6.45) is 10.2. The summed E-state index contributed by atoms with van der Waals surface area (Å²) in [5.74, 6) is 1.70. The van der Waals surface area contributed by atoms with Gasteiger partial charge in [-0.1, -0.05) is 54.4 Å². The summed E-state index contributed by atoms with van der Waals surface area (Å²) in [5.41, 5.74) is 6.70. The second-order valence-electron chi connectivity index (χ2n) is 6.99. The Morgan fingerprint density at radius 1 is 1.06 bits per heavy atom. The molecule has 4 heteroatoms. The topological polar surface area (TPSA) is 30.5 Å². The number of methoxy groups -OCH3 is 1. The average molecular weight is 436 g/mol. The lowest BCUT2D eigenvalue weighted by molar-refractivity contribution is 0.306. The van der Waals surface area contributed by atoms with E-state index in [1.54, 1.807) is 19.1 Å². The Labute approximate surface area is 191 Å². The van der Waals surface area contributed by atoms with Crippen molar-refractivity contribution in [2.24, 2.45) is 0 Å². The molecule has 0 unspecified atom stereocenters. The van der Waals surface area contributed by atoms with E-state index in [0.717, 1.165) is 39.5 Å². The van der Waals surface area contributed by atoms with Gasteiger partial charge < -0.3 is 14.2 Å². The first-order valence-electron chi connectivity index (χ1n) is 10.4. The molecule has 0 amide bonds. The first-order valence-corrected chi connectivity index (χ1v) is 11.7. The minimum Gasteiger partial charge on any atom is -0.497 e. The predicted molar refractivity (Wildman–Crippen MR) is 137 cm³/mol. The summed E-state index contributed by atoms with van der Waals surface area (Å²) in [6, 6.07) is 16.7. The third kappa shape index (κ3) is 7.11. The molecule has 0 aliphatic carbocycles. The van der Waals surface area contributed by atoms with Crippen LogP contribution in [0.3, 0.4) is 0 Å². The van der Waals surface area contributed by atoms with Crippen LogP contribution in [0.15, 0.2) is 84.2 Å². The molecular weight excluding hydrogens is 402 g/mol.